The number of halogens is 2. The molecule has 6 nitrogen and oxygen atoms in total. The molecule has 1 aromatic carbocycles. The van der Waals surface area contributed by atoms with Crippen molar-refractivity contribution in [3.8, 4) is 5.75 Å². The van der Waals surface area contributed by atoms with Crippen molar-refractivity contribution in [2.24, 2.45) is 0 Å². The number of rotatable bonds is 4. The molecule has 2 N–H and O–H groups in total. The molecule has 0 amide bonds. The van der Waals surface area contributed by atoms with Gasteiger partial charge in [-0.2, -0.15) is 8.42 Å². The maximum absolute atomic E-state index is 11.0. The summed E-state index contributed by atoms with van der Waals surface area (Å²) in [6.45, 7) is -0.802. The number of ether oxygens (including phenoxy) is 1. The highest BCUT2D eigenvalue weighted by Gasteiger charge is 2.21. The summed E-state index contributed by atoms with van der Waals surface area (Å²) in [5.41, 5.74) is 0. The molecule has 0 atom stereocenters. The Morgan fingerprint density at radius 2 is 1.94 bits per heavy atom. The third-order valence-corrected chi connectivity index (χ3v) is 2.95. The first-order valence-corrected chi connectivity index (χ1v) is 6.22. The van der Waals surface area contributed by atoms with Crippen LogP contribution in [0.15, 0.2) is 17.0 Å². The van der Waals surface area contributed by atoms with E-state index in [-0.39, 0.29) is 10.0 Å². The average Bonchev–Trinajstić information content (AvgIpc) is 2.13. The molecule has 0 aliphatic rings. The largest absolute Gasteiger partial charge is 0.479 e. The van der Waals surface area contributed by atoms with Crippen LogP contribution in [-0.2, 0) is 14.9 Å². The van der Waals surface area contributed by atoms with Crippen LogP contribution in [0.1, 0.15) is 0 Å². The Labute approximate surface area is 106 Å². The Morgan fingerprint density at radius 1 is 1.35 bits per heavy atom. The highest BCUT2D eigenvalue weighted by molar-refractivity contribution is 7.86. The van der Waals surface area contributed by atoms with Crippen molar-refractivity contribution in [1.29, 1.82) is 0 Å². The zero-order valence-electron chi connectivity index (χ0n) is 8.05. The van der Waals surface area contributed by atoms with Crippen LogP contribution >= 0.6 is 23.2 Å². The van der Waals surface area contributed by atoms with E-state index in [1.807, 2.05) is 0 Å². The lowest BCUT2D eigenvalue weighted by molar-refractivity contribution is -0.139. The molecule has 0 bridgehead atoms. The molecule has 0 heterocycles. The quantitative estimate of drug-likeness (QED) is 0.821. The van der Waals surface area contributed by atoms with Crippen LogP contribution in [0.4, 0.5) is 0 Å². The fourth-order valence-electron chi connectivity index (χ4n) is 1.00. The van der Waals surface area contributed by atoms with Crippen molar-refractivity contribution in [3.05, 3.63) is 22.2 Å². The number of carboxylic acids is 1. The third kappa shape index (κ3) is 3.74. The minimum absolute atomic E-state index is 0.0368. The highest BCUT2D eigenvalue weighted by Crippen LogP contribution is 2.35. The summed E-state index contributed by atoms with van der Waals surface area (Å²) in [6.07, 6.45) is 0. The van der Waals surface area contributed by atoms with E-state index >= 15 is 0 Å². The predicted molar refractivity (Wildman–Crippen MR) is 59.4 cm³/mol. The number of aliphatic carboxylic acids is 1. The van der Waals surface area contributed by atoms with Gasteiger partial charge in [-0.15, -0.1) is 0 Å². The summed E-state index contributed by atoms with van der Waals surface area (Å²) >= 11 is 11.2. The lowest BCUT2D eigenvalue weighted by Gasteiger charge is -2.10. The predicted octanol–water partition coefficient (Wildman–Crippen LogP) is 1.70. The Bertz CT molecular complexity index is 553. The first-order chi connectivity index (χ1) is 7.71. The van der Waals surface area contributed by atoms with E-state index in [4.69, 9.17) is 32.9 Å². The Kier molecular flexibility index (Phi) is 4.21. The van der Waals surface area contributed by atoms with E-state index in [0.717, 1.165) is 12.1 Å². The Morgan fingerprint density at radius 3 is 2.41 bits per heavy atom. The number of carbonyl (C=O) groups is 1. The molecule has 1 rings (SSSR count). The van der Waals surface area contributed by atoms with Gasteiger partial charge >= 0.3 is 5.97 Å². The third-order valence-electron chi connectivity index (χ3n) is 1.59. The second kappa shape index (κ2) is 5.09. The van der Waals surface area contributed by atoms with E-state index < -0.39 is 33.3 Å². The summed E-state index contributed by atoms with van der Waals surface area (Å²) in [5.74, 6) is -1.78. The maximum Gasteiger partial charge on any atom is 0.341 e. The molecule has 1 aromatic rings. The van der Waals surface area contributed by atoms with Crippen molar-refractivity contribution in [2.45, 2.75) is 4.90 Å². The van der Waals surface area contributed by atoms with Gasteiger partial charge in [-0.25, -0.2) is 4.79 Å². The van der Waals surface area contributed by atoms with Crippen molar-refractivity contribution in [1.82, 2.24) is 0 Å². The van der Waals surface area contributed by atoms with Crippen LogP contribution < -0.4 is 4.74 Å². The number of hydrogen-bond acceptors (Lipinski definition) is 4. The van der Waals surface area contributed by atoms with Crippen LogP contribution in [0.2, 0.25) is 10.0 Å². The van der Waals surface area contributed by atoms with Crippen molar-refractivity contribution >= 4 is 39.3 Å². The lowest BCUT2D eigenvalue weighted by atomic mass is 10.3. The fraction of sp³-hybridized carbons (Fsp3) is 0.125. The first kappa shape index (κ1) is 14.0. The Balaban J connectivity index is 3.31. The Hall–Kier alpha value is -1.02. The molecule has 94 valence electrons. The van der Waals surface area contributed by atoms with Gasteiger partial charge in [0.1, 0.15) is 4.90 Å². The molecule has 0 saturated heterocycles. The molecule has 0 unspecified atom stereocenters. The number of benzene rings is 1. The molecule has 0 fully saturated rings. The van der Waals surface area contributed by atoms with Gasteiger partial charge < -0.3 is 9.84 Å². The van der Waals surface area contributed by atoms with Gasteiger partial charge in [0.05, 0.1) is 5.02 Å². The van der Waals surface area contributed by atoms with Crippen LogP contribution in [0.3, 0.4) is 0 Å². The fourth-order valence-corrected chi connectivity index (χ4v) is 2.35. The van der Waals surface area contributed by atoms with E-state index in [1.54, 1.807) is 0 Å². The zero-order chi connectivity index (χ0) is 13.2. The molecule has 0 aromatic heterocycles. The standard InChI is InChI=1S/C8H6Cl2O6S/c9-4-1-5(10)8(16-3-7(11)12)6(2-4)17(13,14)15/h1-2H,3H2,(H,11,12)(H,13,14,15). The normalized spacial score (nSPS) is 11.2. The summed E-state index contributed by atoms with van der Waals surface area (Å²) in [5, 5.41) is 8.15. The van der Waals surface area contributed by atoms with E-state index in [1.165, 1.54) is 0 Å². The van der Waals surface area contributed by atoms with Crippen molar-refractivity contribution in [3.63, 3.8) is 0 Å². The summed E-state index contributed by atoms with van der Waals surface area (Å²) in [4.78, 5) is 9.62. The molecular weight excluding hydrogens is 295 g/mol. The van der Waals surface area contributed by atoms with Gasteiger partial charge in [0.2, 0.25) is 0 Å². The maximum atomic E-state index is 11.0. The van der Waals surface area contributed by atoms with Gasteiger partial charge in [0.15, 0.2) is 12.4 Å². The number of hydrogen-bond donors (Lipinski definition) is 2. The molecule has 17 heavy (non-hydrogen) atoms. The van der Waals surface area contributed by atoms with Crippen LogP contribution in [0, 0.1) is 0 Å². The van der Waals surface area contributed by atoms with Crippen LogP contribution in [0.5, 0.6) is 5.75 Å². The van der Waals surface area contributed by atoms with E-state index in [0.29, 0.717) is 0 Å². The van der Waals surface area contributed by atoms with Gasteiger partial charge in [0.25, 0.3) is 10.1 Å². The molecule has 0 aliphatic carbocycles. The first-order valence-electron chi connectivity index (χ1n) is 4.03. The molecule has 9 heteroatoms. The van der Waals surface area contributed by atoms with Gasteiger partial charge in [-0.1, -0.05) is 23.2 Å². The SMILES string of the molecule is O=C(O)COc1c(Cl)cc(Cl)cc1S(=O)(=O)O. The molecule has 0 radical (unpaired) electrons. The lowest BCUT2D eigenvalue weighted by Crippen LogP contribution is -2.12. The highest BCUT2D eigenvalue weighted by atomic mass is 35.5. The monoisotopic (exact) mass is 300 g/mol. The van der Waals surface area contributed by atoms with Gasteiger partial charge in [-0.05, 0) is 12.1 Å². The minimum atomic E-state index is -4.61. The molecular formula is C8H6Cl2O6S. The topological polar surface area (TPSA) is 101 Å². The second-order valence-corrected chi connectivity index (χ2v) is 5.11. The van der Waals surface area contributed by atoms with E-state index in [9.17, 15) is 13.2 Å². The summed E-state index contributed by atoms with van der Waals surface area (Å²) < 4.78 is 35.6. The van der Waals surface area contributed by atoms with Crippen LogP contribution in [-0.4, -0.2) is 30.7 Å². The van der Waals surface area contributed by atoms with Crippen molar-refractivity contribution in [2.75, 3.05) is 6.61 Å². The molecule has 0 aliphatic heterocycles. The second-order valence-electron chi connectivity index (χ2n) is 2.87. The number of carboxylic acid groups (broad SMARTS) is 1. The minimum Gasteiger partial charge on any atom is -0.479 e. The summed E-state index contributed by atoms with van der Waals surface area (Å²) in [7, 11) is -4.61. The van der Waals surface area contributed by atoms with E-state index in [2.05, 4.69) is 4.74 Å². The van der Waals surface area contributed by atoms with Gasteiger partial charge in [0, 0.05) is 5.02 Å². The zero-order valence-corrected chi connectivity index (χ0v) is 10.4. The smallest absolute Gasteiger partial charge is 0.341 e. The van der Waals surface area contributed by atoms with Gasteiger partial charge in [-0.3, -0.25) is 4.55 Å². The molecule has 0 saturated carbocycles. The van der Waals surface area contributed by atoms with Crippen molar-refractivity contribution < 1.29 is 27.6 Å². The average molecular weight is 301 g/mol. The van der Waals surface area contributed by atoms with Crippen LogP contribution in [0.25, 0.3) is 0 Å². The molecule has 0 spiro atoms. The summed E-state index contributed by atoms with van der Waals surface area (Å²) in [6, 6.07) is 2.06.